The van der Waals surface area contributed by atoms with Crippen LogP contribution in [0, 0.1) is 0 Å². The van der Waals surface area contributed by atoms with Crippen LogP contribution in [0.5, 0.6) is 5.75 Å². The van der Waals surface area contributed by atoms with Crippen molar-refractivity contribution in [3.8, 4) is 5.75 Å². The maximum absolute atomic E-state index is 12.4. The molecule has 160 valence electrons. The first-order valence-electron chi connectivity index (χ1n) is 11.0. The number of ether oxygens (including phenoxy) is 2. The molecule has 2 amide bonds. The van der Waals surface area contributed by atoms with Crippen LogP contribution >= 0.6 is 0 Å². The van der Waals surface area contributed by atoms with Crippen LogP contribution in [-0.4, -0.2) is 55.7 Å². The lowest BCUT2D eigenvalue weighted by atomic mass is 9.97. The fourth-order valence-corrected chi connectivity index (χ4v) is 4.16. The van der Waals surface area contributed by atoms with Gasteiger partial charge in [-0.3, -0.25) is 9.59 Å². The fraction of sp³-hybridized carbons (Fsp3) is 0.652. The summed E-state index contributed by atoms with van der Waals surface area (Å²) < 4.78 is 11.3. The van der Waals surface area contributed by atoms with Crippen molar-refractivity contribution in [2.75, 3.05) is 26.7 Å². The quantitative estimate of drug-likeness (QED) is 0.676. The van der Waals surface area contributed by atoms with Crippen LogP contribution in [0.2, 0.25) is 0 Å². The van der Waals surface area contributed by atoms with Gasteiger partial charge in [-0.2, -0.15) is 0 Å². The average Bonchev–Trinajstić information content (AvgIpc) is 2.77. The third-order valence-electron chi connectivity index (χ3n) is 5.94. The minimum absolute atomic E-state index is 0.124. The number of rotatable bonds is 8. The van der Waals surface area contributed by atoms with Crippen molar-refractivity contribution in [3.05, 3.63) is 29.8 Å². The summed E-state index contributed by atoms with van der Waals surface area (Å²) in [4.78, 5) is 26.5. The van der Waals surface area contributed by atoms with E-state index in [-0.39, 0.29) is 11.8 Å². The lowest BCUT2D eigenvalue weighted by Gasteiger charge is -2.35. The van der Waals surface area contributed by atoms with E-state index >= 15 is 0 Å². The molecule has 1 N–H and O–H groups in total. The molecule has 0 aromatic heterocycles. The van der Waals surface area contributed by atoms with Gasteiger partial charge in [0.1, 0.15) is 5.75 Å². The van der Waals surface area contributed by atoms with Gasteiger partial charge in [0.15, 0.2) is 0 Å². The van der Waals surface area contributed by atoms with Crippen LogP contribution in [0.4, 0.5) is 0 Å². The molecule has 0 spiro atoms. The smallest absolute Gasteiger partial charge is 0.251 e. The second kappa shape index (κ2) is 11.2. The Labute approximate surface area is 173 Å². The molecule has 0 unspecified atom stereocenters. The van der Waals surface area contributed by atoms with Crippen molar-refractivity contribution >= 4 is 11.8 Å². The van der Waals surface area contributed by atoms with Gasteiger partial charge >= 0.3 is 0 Å². The van der Waals surface area contributed by atoms with E-state index in [4.69, 9.17) is 9.47 Å². The Morgan fingerprint density at radius 1 is 1.00 bits per heavy atom. The highest BCUT2D eigenvalue weighted by Crippen LogP contribution is 2.25. The second-order valence-electron chi connectivity index (χ2n) is 8.06. The van der Waals surface area contributed by atoms with Gasteiger partial charge < -0.3 is 19.7 Å². The summed E-state index contributed by atoms with van der Waals surface area (Å²) in [5.74, 6) is 0.778. The molecule has 2 fully saturated rings. The number of likely N-dealkylation sites (tertiary alicyclic amines) is 1. The maximum Gasteiger partial charge on any atom is 0.251 e. The fourth-order valence-electron chi connectivity index (χ4n) is 4.16. The van der Waals surface area contributed by atoms with Gasteiger partial charge in [-0.05, 0) is 56.4 Å². The zero-order valence-corrected chi connectivity index (χ0v) is 17.5. The van der Waals surface area contributed by atoms with Gasteiger partial charge in [0.2, 0.25) is 5.91 Å². The third kappa shape index (κ3) is 6.74. The molecule has 3 rings (SSSR count). The molecule has 1 aromatic rings. The number of amides is 2. The molecule has 2 aliphatic rings. The van der Waals surface area contributed by atoms with E-state index in [0.717, 1.165) is 31.7 Å². The number of piperidine rings is 1. The first kappa shape index (κ1) is 21.6. The second-order valence-corrected chi connectivity index (χ2v) is 8.06. The average molecular weight is 403 g/mol. The number of benzene rings is 1. The first-order chi connectivity index (χ1) is 14.2. The van der Waals surface area contributed by atoms with E-state index in [9.17, 15) is 9.59 Å². The van der Waals surface area contributed by atoms with Gasteiger partial charge in [-0.15, -0.1) is 0 Å². The largest absolute Gasteiger partial charge is 0.497 e. The summed E-state index contributed by atoms with van der Waals surface area (Å²) in [5.41, 5.74) is 0.595. The maximum atomic E-state index is 12.4. The van der Waals surface area contributed by atoms with Crippen molar-refractivity contribution in [1.82, 2.24) is 10.2 Å². The summed E-state index contributed by atoms with van der Waals surface area (Å²) >= 11 is 0. The number of nitrogens with one attached hydrogen (secondary N) is 1. The van der Waals surface area contributed by atoms with Crippen molar-refractivity contribution in [2.24, 2.45) is 0 Å². The zero-order chi connectivity index (χ0) is 20.5. The molecule has 0 radical (unpaired) electrons. The third-order valence-corrected chi connectivity index (χ3v) is 5.94. The van der Waals surface area contributed by atoms with Crippen LogP contribution in [0.3, 0.4) is 0 Å². The molecule has 1 saturated heterocycles. The number of nitrogens with zero attached hydrogens (tertiary/aromatic N) is 1. The van der Waals surface area contributed by atoms with Gasteiger partial charge in [-0.25, -0.2) is 0 Å². The molecule has 6 heteroatoms. The Balaban J connectivity index is 1.29. The molecular weight excluding hydrogens is 368 g/mol. The molecule has 1 saturated carbocycles. The van der Waals surface area contributed by atoms with E-state index < -0.39 is 0 Å². The van der Waals surface area contributed by atoms with Gasteiger partial charge in [-0.1, -0.05) is 19.3 Å². The molecular formula is C23H34N2O4. The number of methoxy groups -OCH3 is 1. The van der Waals surface area contributed by atoms with Crippen molar-refractivity contribution in [1.29, 1.82) is 0 Å². The number of hydrogen-bond acceptors (Lipinski definition) is 4. The topological polar surface area (TPSA) is 67.9 Å². The SMILES string of the molecule is COc1ccc(C(=O)NCCCC(=O)N2CCC(OC3CCCCC3)CC2)cc1. The molecule has 1 aliphatic heterocycles. The van der Waals surface area contributed by atoms with E-state index in [2.05, 4.69) is 5.32 Å². The lowest BCUT2D eigenvalue weighted by Crippen LogP contribution is -2.42. The Bertz CT molecular complexity index is 647. The molecule has 1 aromatic carbocycles. The summed E-state index contributed by atoms with van der Waals surface area (Å²) in [7, 11) is 1.60. The van der Waals surface area contributed by atoms with Crippen LogP contribution in [0.25, 0.3) is 0 Å². The zero-order valence-electron chi connectivity index (χ0n) is 17.5. The minimum atomic E-state index is -0.124. The highest BCUT2D eigenvalue weighted by atomic mass is 16.5. The Hall–Kier alpha value is -2.08. The van der Waals surface area contributed by atoms with Crippen LogP contribution in [0.1, 0.15) is 68.1 Å². The van der Waals surface area contributed by atoms with Crippen LogP contribution in [0.15, 0.2) is 24.3 Å². The number of carbonyl (C=O) groups is 2. The molecule has 1 aliphatic carbocycles. The standard InChI is InChI=1S/C23H34N2O4/c1-28-19-11-9-18(10-12-19)23(27)24-15-5-8-22(26)25-16-13-21(14-17-25)29-20-6-3-2-4-7-20/h9-12,20-21H,2-8,13-17H2,1H3,(H,24,27). The minimum Gasteiger partial charge on any atom is -0.497 e. The molecule has 29 heavy (non-hydrogen) atoms. The molecule has 0 bridgehead atoms. The Morgan fingerprint density at radius 2 is 1.66 bits per heavy atom. The van der Waals surface area contributed by atoms with Crippen LogP contribution in [-0.2, 0) is 9.53 Å². The van der Waals surface area contributed by atoms with Crippen molar-refractivity contribution in [3.63, 3.8) is 0 Å². The summed E-state index contributed by atoms with van der Waals surface area (Å²) in [6.07, 6.45) is 10.1. The molecule has 1 heterocycles. The summed E-state index contributed by atoms with van der Waals surface area (Å²) in [5, 5.41) is 2.88. The van der Waals surface area contributed by atoms with E-state index in [1.165, 1.54) is 32.1 Å². The Kier molecular flexibility index (Phi) is 8.35. The molecule has 0 atom stereocenters. The highest BCUT2D eigenvalue weighted by molar-refractivity contribution is 5.94. The normalized spacial score (nSPS) is 18.4. The summed E-state index contributed by atoms with van der Waals surface area (Å²) in [6, 6.07) is 7.00. The highest BCUT2D eigenvalue weighted by Gasteiger charge is 2.25. The van der Waals surface area contributed by atoms with Crippen molar-refractivity contribution < 1.29 is 19.1 Å². The van der Waals surface area contributed by atoms with E-state index in [0.29, 0.717) is 37.2 Å². The molecule has 6 nitrogen and oxygen atoms in total. The van der Waals surface area contributed by atoms with Crippen molar-refractivity contribution in [2.45, 2.75) is 70.0 Å². The monoisotopic (exact) mass is 402 g/mol. The predicted octanol–water partition coefficient (Wildman–Crippen LogP) is 3.55. The van der Waals surface area contributed by atoms with Gasteiger partial charge in [0.25, 0.3) is 5.91 Å². The van der Waals surface area contributed by atoms with Gasteiger partial charge in [0.05, 0.1) is 19.3 Å². The lowest BCUT2D eigenvalue weighted by molar-refractivity contribution is -0.135. The number of hydrogen-bond donors (Lipinski definition) is 1. The first-order valence-corrected chi connectivity index (χ1v) is 11.0. The van der Waals surface area contributed by atoms with E-state index in [1.54, 1.807) is 31.4 Å². The predicted molar refractivity (Wildman–Crippen MR) is 112 cm³/mol. The Morgan fingerprint density at radius 3 is 2.31 bits per heavy atom. The number of carbonyl (C=O) groups excluding carboxylic acids is 2. The summed E-state index contributed by atoms with van der Waals surface area (Å²) in [6.45, 7) is 2.07. The van der Waals surface area contributed by atoms with E-state index in [1.807, 2.05) is 4.90 Å². The van der Waals surface area contributed by atoms with Crippen LogP contribution < -0.4 is 10.1 Å². The van der Waals surface area contributed by atoms with Gasteiger partial charge in [0, 0.05) is 31.6 Å².